The summed E-state index contributed by atoms with van der Waals surface area (Å²) in [6.45, 7) is 6.31. The van der Waals surface area contributed by atoms with Crippen LogP contribution in [0.25, 0.3) is 0 Å². The van der Waals surface area contributed by atoms with E-state index in [2.05, 4.69) is 4.98 Å². The maximum Gasteiger partial charge on any atom is 0.354 e. The number of ketones is 1. The number of H-pyrrole nitrogens is 1. The summed E-state index contributed by atoms with van der Waals surface area (Å²) >= 11 is 0. The summed E-state index contributed by atoms with van der Waals surface area (Å²) in [7, 11) is 1.29. The van der Waals surface area contributed by atoms with Gasteiger partial charge in [-0.25, -0.2) is 4.79 Å². The van der Waals surface area contributed by atoms with Crippen LogP contribution in [0.4, 0.5) is 0 Å². The van der Waals surface area contributed by atoms with Crippen LogP contribution in [0.5, 0.6) is 0 Å². The lowest BCUT2D eigenvalue weighted by molar-refractivity contribution is -0.131. The Morgan fingerprint density at radius 3 is 2.60 bits per heavy atom. The van der Waals surface area contributed by atoms with Crippen LogP contribution in [0.2, 0.25) is 0 Å². The number of amides is 1. The van der Waals surface area contributed by atoms with Gasteiger partial charge in [0.1, 0.15) is 5.69 Å². The maximum absolute atomic E-state index is 12.8. The third-order valence-electron chi connectivity index (χ3n) is 4.54. The molecule has 1 unspecified atom stereocenters. The van der Waals surface area contributed by atoms with E-state index in [-0.39, 0.29) is 30.0 Å². The summed E-state index contributed by atoms with van der Waals surface area (Å²) in [6.07, 6.45) is 2.20. The van der Waals surface area contributed by atoms with E-state index in [1.807, 2.05) is 0 Å². The van der Waals surface area contributed by atoms with Crippen LogP contribution < -0.4 is 0 Å². The van der Waals surface area contributed by atoms with Gasteiger partial charge in [0, 0.05) is 30.8 Å². The van der Waals surface area contributed by atoms with Gasteiger partial charge in [-0.2, -0.15) is 0 Å². The second-order valence-corrected chi connectivity index (χ2v) is 6.30. The number of methoxy groups -OCH3 is 1. The number of Topliss-reactive ketones (excluding diaryl/α,β-unsaturated/α-hetero) is 1. The molecule has 1 aliphatic rings. The van der Waals surface area contributed by atoms with Crippen molar-refractivity contribution in [2.45, 2.75) is 46.1 Å². The van der Waals surface area contributed by atoms with Crippen LogP contribution in [-0.4, -0.2) is 60.5 Å². The van der Waals surface area contributed by atoms with Crippen molar-refractivity contribution in [3.8, 4) is 0 Å². The molecule has 1 aliphatic heterocycles. The summed E-state index contributed by atoms with van der Waals surface area (Å²) in [6, 6.07) is 0. The fourth-order valence-electron chi connectivity index (χ4n) is 3.24. The van der Waals surface area contributed by atoms with Gasteiger partial charge >= 0.3 is 5.97 Å². The topological polar surface area (TPSA) is 88.7 Å². The van der Waals surface area contributed by atoms with Crippen molar-refractivity contribution in [1.82, 2.24) is 9.88 Å². The number of carbonyl (C=O) groups excluding carboxylic acids is 3. The first kappa shape index (κ1) is 19.2. The third kappa shape index (κ3) is 4.28. The normalized spacial score (nSPS) is 16.7. The highest BCUT2D eigenvalue weighted by atomic mass is 16.5. The van der Waals surface area contributed by atoms with Crippen molar-refractivity contribution < 1.29 is 23.9 Å². The first-order valence-corrected chi connectivity index (χ1v) is 8.59. The van der Waals surface area contributed by atoms with Gasteiger partial charge in [-0.05, 0) is 32.3 Å². The Labute approximate surface area is 147 Å². The summed E-state index contributed by atoms with van der Waals surface area (Å²) in [5, 5.41) is 0. The molecule has 138 valence electrons. The van der Waals surface area contributed by atoms with Crippen molar-refractivity contribution in [2.75, 3.05) is 26.8 Å². The molecule has 1 atom stereocenters. The highest BCUT2D eigenvalue weighted by Crippen LogP contribution is 2.20. The average molecular weight is 350 g/mol. The lowest BCUT2D eigenvalue weighted by atomic mass is 10.0. The maximum atomic E-state index is 12.8. The Kier molecular flexibility index (Phi) is 6.36. The number of hydrogen-bond donors (Lipinski definition) is 1. The SMILES string of the molecule is CCC(=O)N(CC(=O)c1c(C)[nH]c(C(=O)OC)c1C)CC1CCCO1. The Morgan fingerprint density at radius 1 is 1.32 bits per heavy atom. The van der Waals surface area contributed by atoms with E-state index in [0.29, 0.717) is 36.4 Å². The van der Waals surface area contributed by atoms with Crippen molar-refractivity contribution in [2.24, 2.45) is 0 Å². The van der Waals surface area contributed by atoms with E-state index in [1.165, 1.54) is 7.11 Å². The largest absolute Gasteiger partial charge is 0.464 e. The Hall–Kier alpha value is -2.15. The third-order valence-corrected chi connectivity index (χ3v) is 4.54. The minimum Gasteiger partial charge on any atom is -0.464 e. The molecule has 0 spiro atoms. The summed E-state index contributed by atoms with van der Waals surface area (Å²) in [4.78, 5) is 41.3. The molecule has 1 aromatic rings. The second-order valence-electron chi connectivity index (χ2n) is 6.30. The number of hydrogen-bond acceptors (Lipinski definition) is 5. The van der Waals surface area contributed by atoms with Gasteiger partial charge in [-0.3, -0.25) is 9.59 Å². The molecular weight excluding hydrogens is 324 g/mol. The first-order chi connectivity index (χ1) is 11.9. The van der Waals surface area contributed by atoms with E-state index in [1.54, 1.807) is 25.7 Å². The van der Waals surface area contributed by atoms with Crippen molar-refractivity contribution in [3.05, 3.63) is 22.5 Å². The number of esters is 1. The zero-order valence-electron chi connectivity index (χ0n) is 15.3. The zero-order valence-corrected chi connectivity index (χ0v) is 15.3. The number of carbonyl (C=O) groups is 3. The smallest absolute Gasteiger partial charge is 0.354 e. The predicted molar refractivity (Wildman–Crippen MR) is 91.8 cm³/mol. The van der Waals surface area contributed by atoms with Crippen LogP contribution in [0.3, 0.4) is 0 Å². The first-order valence-electron chi connectivity index (χ1n) is 8.59. The van der Waals surface area contributed by atoms with Crippen molar-refractivity contribution in [3.63, 3.8) is 0 Å². The average Bonchev–Trinajstić information content (AvgIpc) is 3.20. The minimum atomic E-state index is -0.513. The van der Waals surface area contributed by atoms with Gasteiger partial charge in [0.05, 0.1) is 19.8 Å². The highest BCUT2D eigenvalue weighted by Gasteiger charge is 2.27. The number of nitrogens with one attached hydrogen (secondary N) is 1. The van der Waals surface area contributed by atoms with Gasteiger partial charge in [0.2, 0.25) is 5.91 Å². The Balaban J connectivity index is 2.18. The number of aromatic nitrogens is 1. The van der Waals surface area contributed by atoms with Crippen LogP contribution in [0.15, 0.2) is 0 Å². The van der Waals surface area contributed by atoms with Crippen LogP contribution in [-0.2, 0) is 14.3 Å². The van der Waals surface area contributed by atoms with Gasteiger partial charge in [0.25, 0.3) is 0 Å². The lowest BCUT2D eigenvalue weighted by Gasteiger charge is -2.24. The molecule has 2 rings (SSSR count). The molecule has 1 amide bonds. The molecule has 1 saturated heterocycles. The minimum absolute atomic E-state index is 0.0117. The molecule has 2 heterocycles. The molecular formula is C18H26N2O5. The molecule has 0 saturated carbocycles. The fraction of sp³-hybridized carbons (Fsp3) is 0.611. The molecule has 7 heteroatoms. The van der Waals surface area contributed by atoms with Gasteiger partial charge in [-0.1, -0.05) is 6.92 Å². The Morgan fingerprint density at radius 2 is 2.04 bits per heavy atom. The summed E-state index contributed by atoms with van der Waals surface area (Å²) < 4.78 is 10.3. The monoisotopic (exact) mass is 350 g/mol. The van der Waals surface area contributed by atoms with E-state index in [0.717, 1.165) is 12.8 Å². The predicted octanol–water partition coefficient (Wildman–Crippen LogP) is 2.02. The zero-order chi connectivity index (χ0) is 18.6. The number of aromatic amines is 1. The summed E-state index contributed by atoms with van der Waals surface area (Å²) in [5.41, 5.74) is 1.87. The second kappa shape index (κ2) is 8.29. The molecule has 0 aromatic carbocycles. The van der Waals surface area contributed by atoms with Gasteiger partial charge in [-0.15, -0.1) is 0 Å². The highest BCUT2D eigenvalue weighted by molar-refractivity contribution is 6.04. The number of nitrogens with zero attached hydrogens (tertiary/aromatic N) is 1. The van der Waals surface area contributed by atoms with Gasteiger partial charge < -0.3 is 19.4 Å². The number of rotatable bonds is 7. The van der Waals surface area contributed by atoms with Crippen molar-refractivity contribution >= 4 is 17.7 Å². The molecule has 0 bridgehead atoms. The van der Waals surface area contributed by atoms with E-state index in [9.17, 15) is 14.4 Å². The molecule has 1 aromatic heterocycles. The molecule has 0 aliphatic carbocycles. The van der Waals surface area contributed by atoms with Crippen molar-refractivity contribution in [1.29, 1.82) is 0 Å². The van der Waals surface area contributed by atoms with Gasteiger partial charge in [0.15, 0.2) is 5.78 Å². The van der Waals surface area contributed by atoms with Crippen LogP contribution in [0.1, 0.15) is 58.3 Å². The quantitative estimate of drug-likeness (QED) is 0.600. The fourth-order valence-corrected chi connectivity index (χ4v) is 3.24. The van der Waals surface area contributed by atoms with E-state index >= 15 is 0 Å². The molecule has 25 heavy (non-hydrogen) atoms. The van der Waals surface area contributed by atoms with Crippen LogP contribution >= 0.6 is 0 Å². The Bertz CT molecular complexity index is 659. The number of ether oxygens (including phenoxy) is 2. The van der Waals surface area contributed by atoms with E-state index in [4.69, 9.17) is 9.47 Å². The molecule has 1 N–H and O–H groups in total. The molecule has 0 radical (unpaired) electrons. The molecule has 7 nitrogen and oxygen atoms in total. The van der Waals surface area contributed by atoms with E-state index < -0.39 is 5.97 Å². The summed E-state index contributed by atoms with van der Waals surface area (Å²) in [5.74, 6) is -0.787. The lowest BCUT2D eigenvalue weighted by Crippen LogP contribution is -2.40. The molecule has 1 fully saturated rings. The standard InChI is InChI=1S/C18H26N2O5/c1-5-15(22)20(9-13-7-6-8-25-13)10-14(21)16-11(2)17(18(23)24-4)19-12(16)3/h13,19H,5-10H2,1-4H3. The van der Waals surface area contributed by atoms with Crippen LogP contribution in [0, 0.1) is 13.8 Å². The number of aryl methyl sites for hydroxylation is 1.